The average molecular weight is 644 g/mol. The smallest absolute Gasteiger partial charge is 0.164 e. The highest BCUT2D eigenvalue weighted by atomic mass is 28.3. The maximum Gasteiger partial charge on any atom is 0.164 e. The molecular weight excluding hydrogens is 611 g/mol. The van der Waals surface area contributed by atoms with Crippen molar-refractivity contribution in [3.05, 3.63) is 164 Å². The second-order valence-electron chi connectivity index (χ2n) is 13.3. The van der Waals surface area contributed by atoms with Gasteiger partial charge in [0.1, 0.15) is 8.07 Å². The van der Waals surface area contributed by atoms with E-state index in [2.05, 4.69) is 171 Å². The number of hydrogen-bond acceptors (Lipinski definition) is 3. The van der Waals surface area contributed by atoms with Crippen molar-refractivity contribution in [2.24, 2.45) is 0 Å². The summed E-state index contributed by atoms with van der Waals surface area (Å²) in [5.41, 5.74) is 10.3. The zero-order chi connectivity index (χ0) is 33.0. The highest BCUT2D eigenvalue weighted by Gasteiger charge is 2.37. The van der Waals surface area contributed by atoms with Crippen molar-refractivity contribution in [2.45, 2.75) is 13.1 Å². The van der Waals surface area contributed by atoms with Crippen molar-refractivity contribution in [3.63, 3.8) is 0 Å². The van der Waals surface area contributed by atoms with Gasteiger partial charge < -0.3 is 0 Å². The Balaban J connectivity index is 1.23. The molecule has 7 aromatic carbocycles. The summed E-state index contributed by atoms with van der Waals surface area (Å²) in [5.74, 6) is 2.00. The molecule has 232 valence electrons. The zero-order valence-electron chi connectivity index (χ0n) is 27.4. The molecule has 0 fully saturated rings. The van der Waals surface area contributed by atoms with Crippen LogP contribution in [0.25, 0.3) is 78.3 Å². The van der Waals surface area contributed by atoms with Crippen LogP contribution in [0.4, 0.5) is 0 Å². The number of nitrogens with zero attached hydrogens (tertiary/aromatic N) is 3. The lowest BCUT2D eigenvalue weighted by Crippen LogP contribution is -2.49. The first-order chi connectivity index (χ1) is 24.0. The van der Waals surface area contributed by atoms with Crippen LogP contribution in [-0.4, -0.2) is 23.0 Å². The van der Waals surface area contributed by atoms with E-state index in [1.165, 1.54) is 43.6 Å². The highest BCUT2D eigenvalue weighted by Crippen LogP contribution is 2.37. The lowest BCUT2D eigenvalue weighted by molar-refractivity contribution is 1.08. The molecule has 0 radical (unpaired) electrons. The normalized spacial score (nSPS) is 12.9. The van der Waals surface area contributed by atoms with Crippen molar-refractivity contribution >= 4 is 29.2 Å². The monoisotopic (exact) mass is 643 g/mol. The van der Waals surface area contributed by atoms with Gasteiger partial charge in [0, 0.05) is 16.7 Å². The van der Waals surface area contributed by atoms with Gasteiger partial charge in [0.25, 0.3) is 0 Å². The minimum absolute atomic E-state index is 0.659. The Bertz CT molecular complexity index is 2510. The molecule has 0 unspecified atom stereocenters. The molecule has 9 rings (SSSR count). The molecule has 49 heavy (non-hydrogen) atoms. The number of aromatic nitrogens is 3. The highest BCUT2D eigenvalue weighted by molar-refractivity contribution is 7.03. The second-order valence-corrected chi connectivity index (χ2v) is 17.6. The fourth-order valence-corrected chi connectivity index (χ4v) is 10.5. The standard InChI is InChI=1S/C45H33N3Si/c1-49(2)41-20-12-11-19-38(41)40-29-34(25-28-42(40)49)44-46-43(33-23-21-31(22-24-33)30-13-5-3-6-14-30)47-45(48-44)39-27-26-35(32-15-7-4-8-16-32)36-17-9-10-18-37(36)39/h3-29H,1-2H3. The quantitative estimate of drug-likeness (QED) is 0.175. The summed E-state index contributed by atoms with van der Waals surface area (Å²) in [6.45, 7) is 4.89. The predicted octanol–water partition coefficient (Wildman–Crippen LogP) is 10.2. The molecule has 2 heterocycles. The van der Waals surface area contributed by atoms with Crippen LogP contribution >= 0.6 is 0 Å². The Labute approximate surface area is 287 Å². The molecule has 0 amide bonds. The van der Waals surface area contributed by atoms with E-state index in [1.807, 2.05) is 6.07 Å². The van der Waals surface area contributed by atoms with E-state index in [0.29, 0.717) is 17.5 Å². The summed E-state index contributed by atoms with van der Waals surface area (Å²) in [7, 11) is -1.78. The average Bonchev–Trinajstić information content (AvgIpc) is 3.40. The maximum absolute atomic E-state index is 5.22. The molecule has 3 nitrogen and oxygen atoms in total. The van der Waals surface area contributed by atoms with Gasteiger partial charge in [0.2, 0.25) is 0 Å². The molecular formula is C45H33N3Si. The molecule has 0 saturated carbocycles. The summed E-state index contributed by atoms with van der Waals surface area (Å²) in [6.07, 6.45) is 0. The van der Waals surface area contributed by atoms with E-state index in [1.54, 1.807) is 0 Å². The van der Waals surface area contributed by atoms with Gasteiger partial charge in [-0.05, 0) is 66.7 Å². The summed E-state index contributed by atoms with van der Waals surface area (Å²) in [5, 5.41) is 5.24. The van der Waals surface area contributed by atoms with Gasteiger partial charge >= 0.3 is 0 Å². The van der Waals surface area contributed by atoms with E-state index in [-0.39, 0.29) is 0 Å². The van der Waals surface area contributed by atoms with Crippen molar-refractivity contribution in [1.82, 2.24) is 15.0 Å². The van der Waals surface area contributed by atoms with E-state index in [9.17, 15) is 0 Å². The molecule has 1 aliphatic rings. The molecule has 0 saturated heterocycles. The van der Waals surface area contributed by atoms with Crippen LogP contribution in [0.3, 0.4) is 0 Å². The lowest BCUT2D eigenvalue weighted by atomic mass is 9.94. The Morgan fingerprint density at radius 1 is 0.327 bits per heavy atom. The number of fused-ring (bicyclic) bond motifs is 4. The van der Waals surface area contributed by atoms with E-state index >= 15 is 0 Å². The molecule has 0 bridgehead atoms. The predicted molar refractivity (Wildman–Crippen MR) is 207 cm³/mol. The fraction of sp³-hybridized carbons (Fsp3) is 0.0444. The molecule has 0 atom stereocenters. The molecule has 4 heteroatoms. The van der Waals surface area contributed by atoms with Gasteiger partial charge in [0.15, 0.2) is 17.5 Å². The molecule has 1 aliphatic heterocycles. The van der Waals surface area contributed by atoms with Crippen LogP contribution in [0.5, 0.6) is 0 Å². The largest absolute Gasteiger partial charge is 0.208 e. The van der Waals surface area contributed by atoms with Crippen molar-refractivity contribution in [3.8, 4) is 67.5 Å². The van der Waals surface area contributed by atoms with Crippen LogP contribution in [0, 0.1) is 0 Å². The zero-order valence-corrected chi connectivity index (χ0v) is 28.4. The van der Waals surface area contributed by atoms with Crippen molar-refractivity contribution in [1.29, 1.82) is 0 Å². The first-order valence-corrected chi connectivity index (χ1v) is 19.8. The molecule has 0 N–H and O–H groups in total. The molecule has 8 aromatic rings. The van der Waals surface area contributed by atoms with E-state index in [4.69, 9.17) is 15.0 Å². The Morgan fingerprint density at radius 2 is 0.816 bits per heavy atom. The number of hydrogen-bond donors (Lipinski definition) is 0. The SMILES string of the molecule is C[Si]1(C)c2ccccc2-c2cc(-c3nc(-c4ccc(-c5ccccc5)cc4)nc(-c4ccc(-c5ccccc5)c5ccccc45)n3)ccc21. The number of benzene rings is 7. The third kappa shape index (κ3) is 5.00. The van der Waals surface area contributed by atoms with Gasteiger partial charge in [-0.2, -0.15) is 0 Å². The lowest BCUT2D eigenvalue weighted by Gasteiger charge is -2.18. The van der Waals surface area contributed by atoms with Gasteiger partial charge in [0.05, 0.1) is 0 Å². The minimum Gasteiger partial charge on any atom is -0.208 e. The van der Waals surface area contributed by atoms with Crippen LogP contribution < -0.4 is 10.4 Å². The third-order valence-electron chi connectivity index (χ3n) is 9.98. The minimum atomic E-state index is -1.78. The first kappa shape index (κ1) is 29.2. The van der Waals surface area contributed by atoms with Crippen molar-refractivity contribution < 1.29 is 0 Å². The Morgan fingerprint density at radius 3 is 1.55 bits per heavy atom. The van der Waals surface area contributed by atoms with E-state index in [0.717, 1.165) is 27.6 Å². The van der Waals surface area contributed by atoms with Crippen molar-refractivity contribution in [2.75, 3.05) is 0 Å². The summed E-state index contributed by atoms with van der Waals surface area (Å²) < 4.78 is 0. The van der Waals surface area contributed by atoms with Gasteiger partial charge in [-0.15, -0.1) is 0 Å². The van der Waals surface area contributed by atoms with Crippen LogP contribution in [0.2, 0.25) is 13.1 Å². The molecule has 1 aromatic heterocycles. The van der Waals surface area contributed by atoms with E-state index < -0.39 is 8.07 Å². The summed E-state index contributed by atoms with van der Waals surface area (Å²) >= 11 is 0. The summed E-state index contributed by atoms with van der Waals surface area (Å²) in [6, 6.07) is 58.2. The van der Waals surface area contributed by atoms with Crippen LogP contribution in [0.15, 0.2) is 164 Å². The summed E-state index contributed by atoms with van der Waals surface area (Å²) in [4.78, 5) is 15.5. The third-order valence-corrected chi connectivity index (χ3v) is 13.5. The second kappa shape index (κ2) is 11.6. The molecule has 0 aliphatic carbocycles. The first-order valence-electron chi connectivity index (χ1n) is 16.8. The fourth-order valence-electron chi connectivity index (χ4n) is 7.42. The maximum atomic E-state index is 5.22. The molecule has 0 spiro atoms. The van der Waals surface area contributed by atoms with Crippen LogP contribution in [-0.2, 0) is 0 Å². The van der Waals surface area contributed by atoms with Crippen LogP contribution in [0.1, 0.15) is 0 Å². The van der Waals surface area contributed by atoms with Gasteiger partial charge in [-0.25, -0.2) is 15.0 Å². The topological polar surface area (TPSA) is 38.7 Å². The van der Waals surface area contributed by atoms with Gasteiger partial charge in [-0.3, -0.25) is 0 Å². The van der Waals surface area contributed by atoms with Gasteiger partial charge in [-0.1, -0.05) is 165 Å². The Kier molecular flexibility index (Phi) is 6.92. The number of rotatable bonds is 5. The Hall–Kier alpha value is -5.97.